The normalized spacial score (nSPS) is 23.4. The molecule has 0 aromatic heterocycles. The van der Waals surface area contributed by atoms with E-state index >= 15 is 0 Å². The molecule has 1 atom stereocenters. The van der Waals surface area contributed by atoms with Gasteiger partial charge in [-0.25, -0.2) is 8.42 Å². The van der Waals surface area contributed by atoms with Crippen LogP contribution in [0.3, 0.4) is 0 Å². The van der Waals surface area contributed by atoms with Crippen LogP contribution in [-0.4, -0.2) is 48.9 Å². The zero-order valence-corrected chi connectivity index (χ0v) is 13.4. The summed E-state index contributed by atoms with van der Waals surface area (Å²) in [5, 5.41) is 0. The van der Waals surface area contributed by atoms with Crippen molar-refractivity contribution in [3.05, 3.63) is 0 Å². The predicted octanol–water partition coefficient (Wildman–Crippen LogP) is 0.786. The van der Waals surface area contributed by atoms with Gasteiger partial charge in [-0.15, -0.1) is 0 Å². The standard InChI is InChI=1S/C13H26N2O3S/c1-6-15(10-7-8-19(17,18)9-10)11(16)12(2,3)13(4,5)14/h10H,6-9,14H2,1-5H3. The highest BCUT2D eigenvalue weighted by Gasteiger charge is 2.45. The lowest BCUT2D eigenvalue weighted by atomic mass is 9.74. The Hall–Kier alpha value is -0.620. The molecule has 1 heterocycles. The van der Waals surface area contributed by atoms with Crippen LogP contribution >= 0.6 is 0 Å². The van der Waals surface area contributed by atoms with Crippen LogP contribution in [0.5, 0.6) is 0 Å². The number of carbonyl (C=O) groups is 1. The van der Waals surface area contributed by atoms with Gasteiger partial charge in [0.1, 0.15) is 0 Å². The van der Waals surface area contributed by atoms with Crippen molar-refractivity contribution in [2.45, 2.75) is 52.6 Å². The number of rotatable bonds is 4. The molecule has 1 saturated heterocycles. The van der Waals surface area contributed by atoms with E-state index in [0.29, 0.717) is 13.0 Å². The maximum atomic E-state index is 12.7. The van der Waals surface area contributed by atoms with Crippen molar-refractivity contribution in [3.8, 4) is 0 Å². The second kappa shape index (κ2) is 5.05. The van der Waals surface area contributed by atoms with Crippen LogP contribution in [0, 0.1) is 5.41 Å². The molecule has 1 rings (SSSR count). The second-order valence-corrected chi connectivity index (χ2v) is 8.72. The lowest BCUT2D eigenvalue weighted by molar-refractivity contribution is -0.145. The minimum absolute atomic E-state index is 0.0652. The Kier molecular flexibility index (Phi) is 4.37. The Morgan fingerprint density at radius 1 is 1.32 bits per heavy atom. The van der Waals surface area contributed by atoms with E-state index in [1.807, 2.05) is 34.6 Å². The average Bonchev–Trinajstić information content (AvgIpc) is 2.58. The summed E-state index contributed by atoms with van der Waals surface area (Å²) in [5.41, 5.74) is 4.71. The molecule has 0 aliphatic carbocycles. The van der Waals surface area contributed by atoms with Gasteiger partial charge in [0.25, 0.3) is 0 Å². The van der Waals surface area contributed by atoms with Crippen molar-refractivity contribution in [3.63, 3.8) is 0 Å². The monoisotopic (exact) mass is 290 g/mol. The molecule has 0 radical (unpaired) electrons. The van der Waals surface area contributed by atoms with E-state index in [1.54, 1.807) is 4.90 Å². The molecule has 0 bridgehead atoms. The zero-order valence-electron chi connectivity index (χ0n) is 12.6. The Morgan fingerprint density at radius 3 is 2.16 bits per heavy atom. The summed E-state index contributed by atoms with van der Waals surface area (Å²) in [6, 6.07) is -0.205. The van der Waals surface area contributed by atoms with Crippen molar-refractivity contribution in [1.82, 2.24) is 4.90 Å². The van der Waals surface area contributed by atoms with Gasteiger partial charge in [-0.05, 0) is 41.0 Å². The molecule has 1 aliphatic heterocycles. The number of amides is 1. The van der Waals surface area contributed by atoms with Crippen molar-refractivity contribution in [2.75, 3.05) is 18.1 Å². The van der Waals surface area contributed by atoms with E-state index in [1.165, 1.54) is 0 Å². The third-order valence-corrected chi connectivity index (χ3v) is 6.15. The number of carbonyl (C=O) groups excluding carboxylic acids is 1. The van der Waals surface area contributed by atoms with E-state index in [9.17, 15) is 13.2 Å². The summed E-state index contributed by atoms with van der Waals surface area (Å²) < 4.78 is 23.1. The molecule has 1 fully saturated rings. The number of nitrogens with two attached hydrogens (primary N) is 1. The molecule has 6 heteroatoms. The number of nitrogens with zero attached hydrogens (tertiary/aromatic N) is 1. The predicted molar refractivity (Wildman–Crippen MR) is 76.5 cm³/mol. The molecular formula is C13H26N2O3S. The van der Waals surface area contributed by atoms with Gasteiger partial charge in [-0.2, -0.15) is 0 Å². The quantitative estimate of drug-likeness (QED) is 0.830. The first-order valence-electron chi connectivity index (χ1n) is 6.73. The van der Waals surface area contributed by atoms with Crippen LogP contribution in [0.25, 0.3) is 0 Å². The first kappa shape index (κ1) is 16.4. The average molecular weight is 290 g/mol. The minimum Gasteiger partial charge on any atom is -0.338 e. The Balaban J connectivity index is 2.96. The van der Waals surface area contributed by atoms with Crippen molar-refractivity contribution < 1.29 is 13.2 Å². The lowest BCUT2D eigenvalue weighted by Gasteiger charge is -2.42. The van der Waals surface area contributed by atoms with Gasteiger partial charge in [-0.1, -0.05) is 0 Å². The molecule has 1 unspecified atom stereocenters. The molecular weight excluding hydrogens is 264 g/mol. The fraction of sp³-hybridized carbons (Fsp3) is 0.923. The van der Waals surface area contributed by atoms with Crippen LogP contribution < -0.4 is 5.73 Å². The van der Waals surface area contributed by atoms with Gasteiger partial charge in [0.15, 0.2) is 9.84 Å². The first-order chi connectivity index (χ1) is 8.42. The summed E-state index contributed by atoms with van der Waals surface area (Å²) in [7, 11) is -2.99. The van der Waals surface area contributed by atoms with Gasteiger partial charge in [0.05, 0.1) is 16.9 Å². The molecule has 0 aromatic rings. The number of sulfone groups is 1. The van der Waals surface area contributed by atoms with Crippen molar-refractivity contribution in [2.24, 2.45) is 11.1 Å². The largest absolute Gasteiger partial charge is 0.338 e. The molecule has 0 aromatic carbocycles. The summed E-state index contributed by atoms with van der Waals surface area (Å²) in [5.74, 6) is 0.186. The van der Waals surface area contributed by atoms with Gasteiger partial charge >= 0.3 is 0 Å². The van der Waals surface area contributed by atoms with Gasteiger partial charge < -0.3 is 10.6 Å². The summed E-state index contributed by atoms with van der Waals surface area (Å²) >= 11 is 0. The minimum atomic E-state index is -2.99. The van der Waals surface area contributed by atoms with Crippen LogP contribution in [0.1, 0.15) is 41.0 Å². The molecule has 0 spiro atoms. The zero-order chi connectivity index (χ0) is 15.1. The van der Waals surface area contributed by atoms with Gasteiger partial charge in [-0.3, -0.25) is 4.79 Å². The van der Waals surface area contributed by atoms with E-state index < -0.39 is 20.8 Å². The smallest absolute Gasteiger partial charge is 0.230 e. The molecule has 0 saturated carbocycles. The highest BCUT2D eigenvalue weighted by atomic mass is 32.2. The van der Waals surface area contributed by atoms with Crippen LogP contribution in [0.2, 0.25) is 0 Å². The number of hydrogen-bond acceptors (Lipinski definition) is 4. The van der Waals surface area contributed by atoms with Crippen LogP contribution in [0.4, 0.5) is 0 Å². The topological polar surface area (TPSA) is 80.5 Å². The second-order valence-electron chi connectivity index (χ2n) is 6.49. The van der Waals surface area contributed by atoms with Gasteiger partial charge in [0, 0.05) is 18.1 Å². The third kappa shape index (κ3) is 3.28. The van der Waals surface area contributed by atoms with Crippen molar-refractivity contribution in [1.29, 1.82) is 0 Å². The molecule has 2 N–H and O–H groups in total. The number of hydrogen-bond donors (Lipinski definition) is 1. The Morgan fingerprint density at radius 2 is 1.84 bits per heavy atom. The third-order valence-electron chi connectivity index (χ3n) is 4.40. The fourth-order valence-corrected chi connectivity index (χ4v) is 3.95. The van der Waals surface area contributed by atoms with E-state index in [0.717, 1.165) is 0 Å². The van der Waals surface area contributed by atoms with E-state index in [4.69, 9.17) is 5.73 Å². The van der Waals surface area contributed by atoms with Crippen LogP contribution in [0.15, 0.2) is 0 Å². The fourth-order valence-electron chi connectivity index (χ4n) is 2.22. The molecule has 112 valence electrons. The maximum Gasteiger partial charge on any atom is 0.230 e. The Bertz CT molecular complexity index is 449. The molecule has 19 heavy (non-hydrogen) atoms. The summed E-state index contributed by atoms with van der Waals surface area (Å²) in [6.45, 7) is 9.68. The molecule has 1 amide bonds. The van der Waals surface area contributed by atoms with Crippen molar-refractivity contribution >= 4 is 15.7 Å². The molecule has 5 nitrogen and oxygen atoms in total. The summed E-state index contributed by atoms with van der Waals surface area (Å²) in [6.07, 6.45) is 0.531. The van der Waals surface area contributed by atoms with E-state index in [2.05, 4.69) is 0 Å². The highest BCUT2D eigenvalue weighted by molar-refractivity contribution is 7.91. The summed E-state index contributed by atoms with van der Waals surface area (Å²) in [4.78, 5) is 14.4. The van der Waals surface area contributed by atoms with E-state index in [-0.39, 0.29) is 23.5 Å². The van der Waals surface area contributed by atoms with Crippen LogP contribution in [-0.2, 0) is 14.6 Å². The van der Waals surface area contributed by atoms with Gasteiger partial charge in [0.2, 0.25) is 5.91 Å². The Labute approximate surface area is 116 Å². The highest BCUT2D eigenvalue weighted by Crippen LogP contribution is 2.32. The lowest BCUT2D eigenvalue weighted by Crippen LogP contribution is -2.58. The first-order valence-corrected chi connectivity index (χ1v) is 8.55. The molecule has 1 aliphatic rings. The maximum absolute atomic E-state index is 12.7. The SMILES string of the molecule is CCN(C(=O)C(C)(C)C(C)(C)N)C1CCS(=O)(=O)C1.